The van der Waals surface area contributed by atoms with Gasteiger partial charge in [0.25, 0.3) is 5.69 Å². The molecule has 0 saturated heterocycles. The van der Waals surface area contributed by atoms with Gasteiger partial charge in [-0.15, -0.1) is 22.7 Å². The molecular formula is C23H27N4O3S2. The number of hydrogen-bond acceptors (Lipinski definition) is 7. The first kappa shape index (κ1) is 24.0. The van der Waals surface area contributed by atoms with E-state index in [1.165, 1.54) is 12.1 Å². The minimum atomic E-state index is -0.415. The normalized spacial score (nSPS) is 12.1. The number of nitro benzene ring substituents is 1. The van der Waals surface area contributed by atoms with Gasteiger partial charge in [0.15, 0.2) is 0 Å². The van der Waals surface area contributed by atoms with Crippen molar-refractivity contribution in [1.29, 1.82) is 0 Å². The lowest BCUT2D eigenvalue weighted by molar-refractivity contribution is -0.384. The third kappa shape index (κ3) is 7.22. The minimum absolute atomic E-state index is 0.0500. The molecule has 0 fully saturated rings. The number of carbonyl (C=O) groups is 1. The summed E-state index contributed by atoms with van der Waals surface area (Å²) in [6.45, 7) is 1.00. The van der Waals surface area contributed by atoms with E-state index in [0.29, 0.717) is 6.42 Å². The Kier molecular flexibility index (Phi) is 8.90. The molecule has 0 aliphatic rings. The fourth-order valence-corrected chi connectivity index (χ4v) is 4.90. The van der Waals surface area contributed by atoms with Gasteiger partial charge >= 0.3 is 0 Å². The van der Waals surface area contributed by atoms with Crippen molar-refractivity contribution in [1.82, 2.24) is 15.2 Å². The molecule has 2 aromatic heterocycles. The SMILES string of the molecule is CN(C)CCCC[CH]C(=O)N[C@@H](Cc1ccc([N+](=O)[O-])cc1)c1csc(-c2cccs2)n1. The molecule has 0 spiro atoms. The molecule has 1 aromatic carbocycles. The molecule has 1 atom stereocenters. The number of nitro groups is 1. The van der Waals surface area contributed by atoms with Crippen molar-refractivity contribution in [2.75, 3.05) is 20.6 Å². The summed E-state index contributed by atoms with van der Waals surface area (Å²) in [6.07, 6.45) is 4.93. The number of carbonyl (C=O) groups excluding carboxylic acids is 1. The highest BCUT2D eigenvalue weighted by atomic mass is 32.1. The second-order valence-electron chi connectivity index (χ2n) is 7.75. The van der Waals surface area contributed by atoms with E-state index in [1.54, 1.807) is 41.2 Å². The van der Waals surface area contributed by atoms with E-state index in [-0.39, 0.29) is 17.6 Å². The molecular weight excluding hydrogens is 444 g/mol. The van der Waals surface area contributed by atoms with E-state index in [1.807, 2.05) is 37.0 Å². The van der Waals surface area contributed by atoms with Crippen LogP contribution in [0.2, 0.25) is 0 Å². The molecule has 0 bridgehead atoms. The number of thiophene rings is 1. The number of thiazole rings is 1. The Labute approximate surface area is 196 Å². The number of amides is 1. The Morgan fingerprint density at radius 1 is 1.22 bits per heavy atom. The van der Waals surface area contributed by atoms with Gasteiger partial charge in [-0.1, -0.05) is 24.6 Å². The number of hydrogen-bond donors (Lipinski definition) is 1. The summed E-state index contributed by atoms with van der Waals surface area (Å²) in [5.41, 5.74) is 1.75. The highest BCUT2D eigenvalue weighted by molar-refractivity contribution is 7.20. The first-order chi connectivity index (χ1) is 15.4. The van der Waals surface area contributed by atoms with Crippen molar-refractivity contribution < 1.29 is 9.72 Å². The highest BCUT2D eigenvalue weighted by Gasteiger charge is 2.20. The van der Waals surface area contributed by atoms with Gasteiger partial charge in [-0.3, -0.25) is 14.9 Å². The van der Waals surface area contributed by atoms with Crippen LogP contribution in [0.1, 0.15) is 36.6 Å². The molecule has 0 aliphatic carbocycles. The first-order valence-electron chi connectivity index (χ1n) is 10.4. The van der Waals surface area contributed by atoms with Crippen LogP contribution in [-0.4, -0.2) is 41.4 Å². The average Bonchev–Trinajstić information content (AvgIpc) is 3.45. The van der Waals surface area contributed by atoms with Gasteiger partial charge in [0.05, 0.1) is 21.5 Å². The number of nitrogens with zero attached hydrogens (tertiary/aromatic N) is 3. The molecule has 9 heteroatoms. The molecule has 2 heterocycles. The van der Waals surface area contributed by atoms with Crippen molar-refractivity contribution >= 4 is 34.3 Å². The molecule has 3 aromatic rings. The van der Waals surface area contributed by atoms with Gasteiger partial charge in [0, 0.05) is 23.9 Å². The van der Waals surface area contributed by atoms with Crippen LogP contribution < -0.4 is 5.32 Å². The topological polar surface area (TPSA) is 88.4 Å². The Morgan fingerprint density at radius 2 is 2.00 bits per heavy atom. The van der Waals surface area contributed by atoms with Gasteiger partial charge in [0.1, 0.15) is 5.01 Å². The summed E-state index contributed by atoms with van der Waals surface area (Å²) in [5.74, 6) is -0.118. The zero-order valence-corrected chi connectivity index (χ0v) is 19.8. The van der Waals surface area contributed by atoms with Crippen LogP contribution in [0.4, 0.5) is 5.69 Å². The Balaban J connectivity index is 1.68. The Hall–Kier alpha value is -2.62. The number of nitrogens with one attached hydrogen (secondary N) is 1. The molecule has 0 saturated carbocycles. The van der Waals surface area contributed by atoms with Crippen LogP contribution in [0.3, 0.4) is 0 Å². The van der Waals surface area contributed by atoms with Crippen LogP contribution in [0, 0.1) is 16.5 Å². The van der Waals surface area contributed by atoms with Gasteiger partial charge in [0.2, 0.25) is 5.91 Å². The lowest BCUT2D eigenvalue weighted by atomic mass is 10.0. The molecule has 32 heavy (non-hydrogen) atoms. The number of aromatic nitrogens is 1. The average molecular weight is 472 g/mol. The van der Waals surface area contributed by atoms with Gasteiger partial charge in [-0.2, -0.15) is 0 Å². The lowest BCUT2D eigenvalue weighted by Gasteiger charge is -2.17. The predicted molar refractivity (Wildman–Crippen MR) is 130 cm³/mol. The summed E-state index contributed by atoms with van der Waals surface area (Å²) < 4.78 is 0. The maximum absolute atomic E-state index is 12.6. The second kappa shape index (κ2) is 11.8. The summed E-state index contributed by atoms with van der Waals surface area (Å²) in [7, 11) is 4.08. The first-order valence-corrected chi connectivity index (χ1v) is 12.2. The van der Waals surface area contributed by atoms with E-state index >= 15 is 0 Å². The molecule has 1 N–H and O–H groups in total. The van der Waals surface area contributed by atoms with E-state index in [4.69, 9.17) is 4.98 Å². The number of non-ortho nitro benzene ring substituents is 1. The Bertz CT molecular complexity index is 1000. The Morgan fingerprint density at radius 3 is 2.66 bits per heavy atom. The maximum atomic E-state index is 12.6. The van der Waals surface area contributed by atoms with Crippen molar-refractivity contribution in [2.24, 2.45) is 0 Å². The molecule has 1 radical (unpaired) electrons. The second-order valence-corrected chi connectivity index (χ2v) is 9.55. The van der Waals surface area contributed by atoms with Crippen LogP contribution >= 0.6 is 22.7 Å². The van der Waals surface area contributed by atoms with Gasteiger partial charge in [-0.25, -0.2) is 4.98 Å². The molecule has 1 amide bonds. The van der Waals surface area contributed by atoms with Crippen LogP contribution in [0.25, 0.3) is 9.88 Å². The molecule has 7 nitrogen and oxygen atoms in total. The molecule has 0 aliphatic heterocycles. The maximum Gasteiger partial charge on any atom is 0.269 e. The molecule has 3 rings (SSSR count). The fourth-order valence-electron chi connectivity index (χ4n) is 3.21. The van der Waals surface area contributed by atoms with Gasteiger partial charge in [-0.05, 0) is 56.9 Å². The standard InChI is InChI=1S/C23H27N4O3S2/c1-26(2)13-5-3-4-8-22(28)24-19(15-17-9-11-18(12-10-17)27(29)30)20-16-32-23(25-20)21-7-6-14-31-21/h6-12,14,16,19H,3-5,13,15H2,1-2H3,(H,24,28)/t19-/m0/s1. The molecule has 0 unspecified atom stereocenters. The number of rotatable bonds is 12. The third-order valence-electron chi connectivity index (χ3n) is 4.90. The smallest absolute Gasteiger partial charge is 0.269 e. The summed E-state index contributed by atoms with van der Waals surface area (Å²) in [4.78, 5) is 31.1. The fraction of sp³-hybridized carbons (Fsp3) is 0.348. The lowest BCUT2D eigenvalue weighted by Crippen LogP contribution is -2.30. The van der Waals surface area contributed by atoms with E-state index < -0.39 is 4.92 Å². The number of benzene rings is 1. The zero-order valence-electron chi connectivity index (χ0n) is 18.2. The monoisotopic (exact) mass is 471 g/mol. The van der Waals surface area contributed by atoms with Crippen molar-refractivity contribution in [2.45, 2.75) is 31.7 Å². The predicted octanol–water partition coefficient (Wildman–Crippen LogP) is 5.12. The van der Waals surface area contributed by atoms with Gasteiger partial charge < -0.3 is 10.2 Å². The summed E-state index contributed by atoms with van der Waals surface area (Å²) in [5, 5.41) is 18.9. The van der Waals surface area contributed by atoms with Crippen molar-refractivity contribution in [3.05, 3.63) is 75.0 Å². The van der Waals surface area contributed by atoms with E-state index in [2.05, 4.69) is 10.2 Å². The van der Waals surface area contributed by atoms with Crippen molar-refractivity contribution in [3.63, 3.8) is 0 Å². The minimum Gasteiger partial charge on any atom is -0.347 e. The van der Waals surface area contributed by atoms with Crippen molar-refractivity contribution in [3.8, 4) is 9.88 Å². The number of unbranched alkanes of at least 4 members (excludes halogenated alkanes) is 2. The third-order valence-corrected chi connectivity index (χ3v) is 6.80. The van der Waals surface area contributed by atoms with Crippen LogP contribution in [0.5, 0.6) is 0 Å². The zero-order chi connectivity index (χ0) is 22.9. The largest absolute Gasteiger partial charge is 0.347 e. The van der Waals surface area contributed by atoms with E-state index in [9.17, 15) is 14.9 Å². The highest BCUT2D eigenvalue weighted by Crippen LogP contribution is 2.31. The summed E-state index contributed by atoms with van der Waals surface area (Å²) in [6, 6.07) is 10.1. The van der Waals surface area contributed by atoms with Crippen LogP contribution in [-0.2, 0) is 11.2 Å². The quantitative estimate of drug-likeness (QED) is 0.225. The van der Waals surface area contributed by atoms with E-state index in [0.717, 1.165) is 46.9 Å². The van der Waals surface area contributed by atoms with Crippen LogP contribution in [0.15, 0.2) is 47.2 Å². The molecule has 169 valence electrons. The summed E-state index contributed by atoms with van der Waals surface area (Å²) >= 11 is 3.18.